The first-order valence-corrected chi connectivity index (χ1v) is 7.48. The maximum absolute atomic E-state index is 12.4. The Morgan fingerprint density at radius 2 is 1.65 bits per heavy atom. The SMILES string of the molecule is Cc1nc(-c2ccccc2)oc1CC(=O)N(C)c1ccccc1. The highest BCUT2D eigenvalue weighted by Gasteiger charge is 2.18. The molecule has 0 saturated heterocycles. The van der Waals surface area contributed by atoms with E-state index in [1.807, 2.05) is 67.6 Å². The quantitative estimate of drug-likeness (QED) is 0.735. The Morgan fingerprint density at radius 3 is 2.30 bits per heavy atom. The number of aryl methyl sites for hydroxylation is 1. The fourth-order valence-corrected chi connectivity index (χ4v) is 2.35. The Bertz CT molecular complexity index is 795. The van der Waals surface area contributed by atoms with Gasteiger partial charge >= 0.3 is 0 Å². The van der Waals surface area contributed by atoms with Gasteiger partial charge in [-0.05, 0) is 31.2 Å². The molecule has 0 spiro atoms. The van der Waals surface area contributed by atoms with E-state index < -0.39 is 0 Å². The average molecular weight is 306 g/mol. The summed E-state index contributed by atoms with van der Waals surface area (Å²) in [4.78, 5) is 18.5. The molecule has 0 saturated carbocycles. The molecule has 1 heterocycles. The molecule has 116 valence electrons. The van der Waals surface area contributed by atoms with Gasteiger partial charge in [0.1, 0.15) is 5.76 Å². The van der Waals surface area contributed by atoms with Crippen LogP contribution in [0.25, 0.3) is 11.5 Å². The number of aromatic nitrogens is 1. The fraction of sp³-hybridized carbons (Fsp3) is 0.158. The Hall–Kier alpha value is -2.88. The highest BCUT2D eigenvalue weighted by molar-refractivity contribution is 5.94. The van der Waals surface area contributed by atoms with Crippen molar-refractivity contribution < 1.29 is 9.21 Å². The molecule has 0 atom stereocenters. The van der Waals surface area contributed by atoms with Crippen LogP contribution in [0, 0.1) is 6.92 Å². The molecule has 3 aromatic rings. The maximum Gasteiger partial charge on any atom is 0.234 e. The van der Waals surface area contributed by atoms with Crippen LogP contribution in [-0.2, 0) is 11.2 Å². The number of hydrogen-bond donors (Lipinski definition) is 0. The number of anilines is 1. The Labute approximate surface area is 135 Å². The number of para-hydroxylation sites is 1. The summed E-state index contributed by atoms with van der Waals surface area (Å²) in [6.07, 6.45) is 0.192. The van der Waals surface area contributed by atoms with Crippen molar-refractivity contribution in [2.75, 3.05) is 11.9 Å². The first-order chi connectivity index (χ1) is 11.1. The molecule has 0 bridgehead atoms. The zero-order valence-corrected chi connectivity index (χ0v) is 13.2. The number of carbonyl (C=O) groups is 1. The minimum atomic E-state index is -0.0324. The lowest BCUT2D eigenvalue weighted by molar-refractivity contribution is -0.117. The van der Waals surface area contributed by atoms with Crippen molar-refractivity contribution >= 4 is 11.6 Å². The summed E-state index contributed by atoms with van der Waals surface area (Å²) in [5.41, 5.74) is 2.52. The molecular formula is C19H18N2O2. The molecule has 0 fully saturated rings. The van der Waals surface area contributed by atoms with Gasteiger partial charge in [0.05, 0.1) is 12.1 Å². The van der Waals surface area contributed by atoms with Crippen molar-refractivity contribution in [3.05, 3.63) is 72.1 Å². The van der Waals surface area contributed by atoms with Crippen molar-refractivity contribution in [1.82, 2.24) is 4.98 Å². The molecule has 4 nitrogen and oxygen atoms in total. The zero-order chi connectivity index (χ0) is 16.2. The molecule has 0 radical (unpaired) electrons. The van der Waals surface area contributed by atoms with E-state index in [1.54, 1.807) is 11.9 Å². The van der Waals surface area contributed by atoms with Crippen LogP contribution in [0.4, 0.5) is 5.69 Å². The van der Waals surface area contributed by atoms with Crippen LogP contribution in [0.15, 0.2) is 65.1 Å². The standard InChI is InChI=1S/C19H18N2O2/c1-14-17(23-19(20-14)15-9-5-3-6-10-15)13-18(22)21(2)16-11-7-4-8-12-16/h3-12H,13H2,1-2H3. The van der Waals surface area contributed by atoms with Crippen LogP contribution in [0.1, 0.15) is 11.5 Å². The second-order valence-electron chi connectivity index (χ2n) is 5.36. The van der Waals surface area contributed by atoms with Crippen LogP contribution < -0.4 is 4.90 Å². The highest BCUT2D eigenvalue weighted by atomic mass is 16.4. The topological polar surface area (TPSA) is 46.3 Å². The van der Waals surface area contributed by atoms with E-state index in [0.29, 0.717) is 11.7 Å². The number of likely N-dealkylation sites (N-methyl/N-ethyl adjacent to an activating group) is 1. The van der Waals surface area contributed by atoms with Gasteiger partial charge in [-0.3, -0.25) is 4.79 Å². The summed E-state index contributed by atoms with van der Waals surface area (Å²) < 4.78 is 5.80. The summed E-state index contributed by atoms with van der Waals surface area (Å²) in [6, 6.07) is 19.2. The number of benzene rings is 2. The molecule has 3 rings (SSSR count). The van der Waals surface area contributed by atoms with Crippen molar-refractivity contribution in [2.24, 2.45) is 0 Å². The van der Waals surface area contributed by atoms with E-state index in [0.717, 1.165) is 16.9 Å². The molecule has 0 aliphatic carbocycles. The zero-order valence-electron chi connectivity index (χ0n) is 13.2. The number of carbonyl (C=O) groups excluding carboxylic acids is 1. The third-order valence-corrected chi connectivity index (χ3v) is 3.74. The van der Waals surface area contributed by atoms with E-state index in [-0.39, 0.29) is 12.3 Å². The van der Waals surface area contributed by atoms with E-state index in [9.17, 15) is 4.79 Å². The van der Waals surface area contributed by atoms with Gasteiger partial charge in [-0.1, -0.05) is 36.4 Å². The highest BCUT2D eigenvalue weighted by Crippen LogP contribution is 2.22. The first-order valence-electron chi connectivity index (χ1n) is 7.48. The summed E-state index contributed by atoms with van der Waals surface area (Å²) in [5, 5.41) is 0. The minimum absolute atomic E-state index is 0.0324. The van der Waals surface area contributed by atoms with Gasteiger partial charge in [-0.25, -0.2) is 4.98 Å². The van der Waals surface area contributed by atoms with Gasteiger partial charge in [0, 0.05) is 18.3 Å². The predicted octanol–water partition coefficient (Wildman–Crippen LogP) is 3.86. The van der Waals surface area contributed by atoms with Gasteiger partial charge in [0.15, 0.2) is 0 Å². The second-order valence-corrected chi connectivity index (χ2v) is 5.36. The number of rotatable bonds is 4. The van der Waals surface area contributed by atoms with Crippen LogP contribution in [0.2, 0.25) is 0 Å². The molecule has 0 unspecified atom stereocenters. The summed E-state index contributed by atoms with van der Waals surface area (Å²) >= 11 is 0. The lowest BCUT2D eigenvalue weighted by Gasteiger charge is -2.16. The predicted molar refractivity (Wildman–Crippen MR) is 90.2 cm³/mol. The van der Waals surface area contributed by atoms with E-state index in [2.05, 4.69) is 4.98 Å². The average Bonchev–Trinajstić information content (AvgIpc) is 2.96. The Morgan fingerprint density at radius 1 is 1.04 bits per heavy atom. The molecule has 0 N–H and O–H groups in total. The van der Waals surface area contributed by atoms with Crippen LogP contribution in [-0.4, -0.2) is 17.9 Å². The third-order valence-electron chi connectivity index (χ3n) is 3.74. The van der Waals surface area contributed by atoms with Crippen molar-refractivity contribution in [3.63, 3.8) is 0 Å². The van der Waals surface area contributed by atoms with Crippen molar-refractivity contribution in [2.45, 2.75) is 13.3 Å². The summed E-state index contributed by atoms with van der Waals surface area (Å²) in [6.45, 7) is 1.86. The molecule has 4 heteroatoms. The Balaban J connectivity index is 1.78. The van der Waals surface area contributed by atoms with Gasteiger partial charge in [0.25, 0.3) is 0 Å². The van der Waals surface area contributed by atoms with Crippen molar-refractivity contribution in [1.29, 1.82) is 0 Å². The molecule has 2 aromatic carbocycles. The monoisotopic (exact) mass is 306 g/mol. The lowest BCUT2D eigenvalue weighted by atomic mass is 10.2. The maximum atomic E-state index is 12.4. The largest absolute Gasteiger partial charge is 0.440 e. The van der Waals surface area contributed by atoms with Gasteiger partial charge in [-0.2, -0.15) is 0 Å². The number of hydrogen-bond acceptors (Lipinski definition) is 3. The third kappa shape index (κ3) is 3.31. The first kappa shape index (κ1) is 15.0. The summed E-state index contributed by atoms with van der Waals surface area (Å²) in [7, 11) is 1.77. The van der Waals surface area contributed by atoms with E-state index in [1.165, 1.54) is 0 Å². The molecular weight excluding hydrogens is 288 g/mol. The fourth-order valence-electron chi connectivity index (χ4n) is 2.35. The smallest absolute Gasteiger partial charge is 0.234 e. The molecule has 23 heavy (non-hydrogen) atoms. The van der Waals surface area contributed by atoms with E-state index in [4.69, 9.17) is 4.42 Å². The molecule has 1 amide bonds. The summed E-state index contributed by atoms with van der Waals surface area (Å²) in [5.74, 6) is 1.12. The second kappa shape index (κ2) is 6.48. The lowest BCUT2D eigenvalue weighted by Crippen LogP contribution is -2.27. The molecule has 0 aliphatic rings. The normalized spacial score (nSPS) is 10.5. The number of nitrogens with zero attached hydrogens (tertiary/aromatic N) is 2. The van der Waals surface area contributed by atoms with Crippen LogP contribution in [0.5, 0.6) is 0 Å². The van der Waals surface area contributed by atoms with Gasteiger partial charge in [-0.15, -0.1) is 0 Å². The van der Waals surface area contributed by atoms with E-state index >= 15 is 0 Å². The minimum Gasteiger partial charge on any atom is -0.440 e. The van der Waals surface area contributed by atoms with Gasteiger partial charge < -0.3 is 9.32 Å². The number of amides is 1. The van der Waals surface area contributed by atoms with Crippen LogP contribution in [0.3, 0.4) is 0 Å². The molecule has 1 aromatic heterocycles. The molecule has 0 aliphatic heterocycles. The van der Waals surface area contributed by atoms with Crippen molar-refractivity contribution in [3.8, 4) is 11.5 Å². The number of oxazole rings is 1. The van der Waals surface area contributed by atoms with Gasteiger partial charge in [0.2, 0.25) is 11.8 Å². The van der Waals surface area contributed by atoms with Crippen LogP contribution >= 0.6 is 0 Å². The Kier molecular flexibility index (Phi) is 4.24.